The molecule has 0 aliphatic heterocycles. The van der Waals surface area contributed by atoms with Crippen LogP contribution in [-0.4, -0.2) is 39.6 Å². The van der Waals surface area contributed by atoms with E-state index in [1.165, 1.54) is 18.2 Å². The van der Waals surface area contributed by atoms with Crippen LogP contribution in [0, 0.1) is 10.1 Å². The molecular weight excluding hydrogens is 418 g/mol. The number of nitro benzene ring substituents is 1. The molecule has 0 fully saturated rings. The molecule has 0 N–H and O–H groups in total. The molecule has 3 aromatic rings. The van der Waals surface area contributed by atoms with Crippen LogP contribution in [-0.2, 0) is 13.1 Å². The Morgan fingerprint density at radius 1 is 0.727 bits per heavy atom. The quantitative estimate of drug-likeness (QED) is 0.346. The Balaban J connectivity index is 1.91. The number of rotatable bonds is 9. The van der Waals surface area contributed by atoms with Gasteiger partial charge in [0.25, 0.3) is 17.5 Å². The number of nitro groups is 1. The number of hydrogen-bond acceptors (Lipinski definition) is 4. The van der Waals surface area contributed by atoms with Gasteiger partial charge >= 0.3 is 0 Å². The molecule has 7 nitrogen and oxygen atoms in total. The van der Waals surface area contributed by atoms with Crippen LogP contribution in [0.4, 0.5) is 5.69 Å². The van der Waals surface area contributed by atoms with Gasteiger partial charge in [-0.15, -0.1) is 0 Å². The fraction of sp³-hybridized carbons (Fsp3) is 0.231. The van der Waals surface area contributed by atoms with Gasteiger partial charge in [-0.05, 0) is 31.0 Å². The van der Waals surface area contributed by atoms with Gasteiger partial charge in [0.05, 0.1) is 4.92 Å². The van der Waals surface area contributed by atoms with Gasteiger partial charge in [0.15, 0.2) is 0 Å². The maximum atomic E-state index is 13.2. The third kappa shape index (κ3) is 6.04. The van der Waals surface area contributed by atoms with Crippen molar-refractivity contribution in [3.63, 3.8) is 0 Å². The molecule has 0 heterocycles. The van der Waals surface area contributed by atoms with Crippen LogP contribution >= 0.6 is 0 Å². The topological polar surface area (TPSA) is 83.8 Å². The summed E-state index contributed by atoms with van der Waals surface area (Å²) in [4.78, 5) is 40.7. The predicted molar refractivity (Wildman–Crippen MR) is 127 cm³/mol. The first kappa shape index (κ1) is 23.7. The van der Waals surface area contributed by atoms with E-state index in [4.69, 9.17) is 0 Å². The van der Waals surface area contributed by atoms with Crippen molar-refractivity contribution < 1.29 is 14.5 Å². The average Bonchev–Trinajstić information content (AvgIpc) is 2.86. The van der Waals surface area contributed by atoms with Crippen LogP contribution in [0.2, 0.25) is 0 Å². The summed E-state index contributed by atoms with van der Waals surface area (Å²) in [6.07, 6.45) is 0. The van der Waals surface area contributed by atoms with Crippen molar-refractivity contribution in [2.75, 3.05) is 13.1 Å². The molecule has 0 aliphatic rings. The van der Waals surface area contributed by atoms with E-state index in [0.29, 0.717) is 26.2 Å². The molecule has 33 heavy (non-hydrogen) atoms. The number of nitrogens with zero attached hydrogens (tertiary/aromatic N) is 3. The van der Waals surface area contributed by atoms with Gasteiger partial charge in [-0.3, -0.25) is 19.7 Å². The molecular formula is C26H27N3O4. The summed E-state index contributed by atoms with van der Waals surface area (Å²) in [6, 6.07) is 23.0. The lowest BCUT2D eigenvalue weighted by atomic mass is 10.1. The summed E-state index contributed by atoms with van der Waals surface area (Å²) in [5.74, 6) is -0.713. The fourth-order valence-corrected chi connectivity index (χ4v) is 3.59. The van der Waals surface area contributed by atoms with Crippen molar-refractivity contribution in [1.82, 2.24) is 9.80 Å². The molecule has 0 spiro atoms. The number of hydrogen-bond donors (Lipinski definition) is 0. The first-order chi connectivity index (χ1) is 15.9. The first-order valence-electron chi connectivity index (χ1n) is 10.9. The number of carbonyl (C=O) groups excluding carboxylic acids is 2. The highest BCUT2D eigenvalue weighted by molar-refractivity contribution is 6.00. The summed E-state index contributed by atoms with van der Waals surface area (Å²) < 4.78 is 0. The molecule has 0 unspecified atom stereocenters. The van der Waals surface area contributed by atoms with E-state index in [2.05, 4.69) is 0 Å². The predicted octanol–water partition coefficient (Wildman–Crippen LogP) is 4.92. The minimum Gasteiger partial charge on any atom is -0.335 e. The van der Waals surface area contributed by atoms with Gasteiger partial charge in [0.2, 0.25) is 0 Å². The smallest absolute Gasteiger partial charge is 0.271 e. The Labute approximate surface area is 193 Å². The molecule has 2 amide bonds. The molecule has 7 heteroatoms. The Morgan fingerprint density at radius 3 is 1.45 bits per heavy atom. The maximum absolute atomic E-state index is 13.2. The zero-order valence-electron chi connectivity index (χ0n) is 18.8. The molecule has 0 aromatic heterocycles. The van der Waals surface area contributed by atoms with Crippen LogP contribution in [0.1, 0.15) is 45.7 Å². The third-order valence-corrected chi connectivity index (χ3v) is 5.39. The van der Waals surface area contributed by atoms with Gasteiger partial charge in [0.1, 0.15) is 0 Å². The molecule has 3 rings (SSSR count). The summed E-state index contributed by atoms with van der Waals surface area (Å²) in [6.45, 7) is 5.30. The molecule has 0 saturated heterocycles. The van der Waals surface area contributed by atoms with Gasteiger partial charge in [-0.1, -0.05) is 60.7 Å². The van der Waals surface area contributed by atoms with E-state index in [1.54, 1.807) is 9.80 Å². The van der Waals surface area contributed by atoms with Crippen LogP contribution in [0.15, 0.2) is 78.9 Å². The van der Waals surface area contributed by atoms with E-state index in [-0.39, 0.29) is 28.6 Å². The van der Waals surface area contributed by atoms with Crippen LogP contribution in [0.3, 0.4) is 0 Å². The largest absolute Gasteiger partial charge is 0.335 e. The van der Waals surface area contributed by atoms with Crippen LogP contribution in [0.5, 0.6) is 0 Å². The zero-order valence-corrected chi connectivity index (χ0v) is 18.8. The minimum atomic E-state index is -0.575. The third-order valence-electron chi connectivity index (χ3n) is 5.39. The Morgan fingerprint density at radius 2 is 1.12 bits per heavy atom. The minimum absolute atomic E-state index is 0.126. The molecule has 0 saturated carbocycles. The second-order valence-electron chi connectivity index (χ2n) is 7.64. The molecule has 0 aliphatic carbocycles. The van der Waals surface area contributed by atoms with E-state index in [9.17, 15) is 19.7 Å². The lowest BCUT2D eigenvalue weighted by Crippen LogP contribution is -2.32. The number of carbonyl (C=O) groups is 2. The van der Waals surface area contributed by atoms with Crippen molar-refractivity contribution in [3.05, 3.63) is 111 Å². The highest BCUT2D eigenvalue weighted by Crippen LogP contribution is 2.22. The normalized spacial score (nSPS) is 10.5. The van der Waals surface area contributed by atoms with Gasteiger partial charge in [-0.2, -0.15) is 0 Å². The van der Waals surface area contributed by atoms with Gasteiger partial charge < -0.3 is 9.80 Å². The molecule has 170 valence electrons. The van der Waals surface area contributed by atoms with Crippen LogP contribution < -0.4 is 0 Å². The van der Waals surface area contributed by atoms with E-state index in [0.717, 1.165) is 11.1 Å². The lowest BCUT2D eigenvalue weighted by Gasteiger charge is -2.23. The van der Waals surface area contributed by atoms with E-state index in [1.807, 2.05) is 74.5 Å². The maximum Gasteiger partial charge on any atom is 0.271 e. The van der Waals surface area contributed by atoms with Gasteiger partial charge in [0, 0.05) is 49.4 Å². The standard InChI is InChI=1S/C26H27N3O4/c1-3-27(18-20-11-7-5-8-12-20)25(30)22-15-23(17-24(16-22)29(32)33)26(31)28(4-2)19-21-13-9-6-10-14-21/h5-17H,3-4,18-19H2,1-2H3. The number of benzene rings is 3. The van der Waals surface area contributed by atoms with Crippen molar-refractivity contribution in [2.24, 2.45) is 0 Å². The van der Waals surface area contributed by atoms with Crippen molar-refractivity contribution in [2.45, 2.75) is 26.9 Å². The van der Waals surface area contributed by atoms with Crippen LogP contribution in [0.25, 0.3) is 0 Å². The zero-order chi connectivity index (χ0) is 23.8. The van der Waals surface area contributed by atoms with Crippen molar-refractivity contribution in [1.29, 1.82) is 0 Å². The number of non-ortho nitro benzene ring substituents is 1. The molecule has 3 aromatic carbocycles. The van der Waals surface area contributed by atoms with Crippen molar-refractivity contribution in [3.8, 4) is 0 Å². The first-order valence-corrected chi connectivity index (χ1v) is 10.9. The van der Waals surface area contributed by atoms with Gasteiger partial charge in [-0.25, -0.2) is 0 Å². The second kappa shape index (κ2) is 11.0. The highest BCUT2D eigenvalue weighted by atomic mass is 16.6. The highest BCUT2D eigenvalue weighted by Gasteiger charge is 2.23. The molecule has 0 atom stereocenters. The summed E-state index contributed by atoms with van der Waals surface area (Å²) in [7, 11) is 0. The molecule has 0 bridgehead atoms. The fourth-order valence-electron chi connectivity index (χ4n) is 3.59. The van der Waals surface area contributed by atoms with E-state index < -0.39 is 4.92 Å². The van der Waals surface area contributed by atoms with E-state index >= 15 is 0 Å². The Kier molecular flexibility index (Phi) is 7.91. The summed E-state index contributed by atoms with van der Waals surface area (Å²) in [5, 5.41) is 11.6. The number of amides is 2. The Bertz CT molecular complexity index is 1040. The average molecular weight is 446 g/mol. The lowest BCUT2D eigenvalue weighted by molar-refractivity contribution is -0.384. The van der Waals surface area contributed by atoms with Crippen molar-refractivity contribution >= 4 is 17.5 Å². The molecule has 0 radical (unpaired) electrons. The Hall–Kier alpha value is -4.00. The monoisotopic (exact) mass is 445 g/mol. The summed E-state index contributed by atoms with van der Waals surface area (Å²) in [5.41, 5.74) is 1.88. The SMILES string of the molecule is CCN(Cc1ccccc1)C(=O)c1cc(C(=O)N(CC)Cc2ccccc2)cc([N+](=O)[O-])c1. The second-order valence-corrected chi connectivity index (χ2v) is 7.64. The summed E-state index contributed by atoms with van der Waals surface area (Å²) >= 11 is 0.